The van der Waals surface area contributed by atoms with Crippen molar-refractivity contribution in [3.63, 3.8) is 0 Å². The highest BCUT2D eigenvalue weighted by molar-refractivity contribution is 9.13. The summed E-state index contributed by atoms with van der Waals surface area (Å²) in [4.78, 5) is 14.3. The monoisotopic (exact) mass is 430 g/mol. The Labute approximate surface area is 145 Å². The van der Waals surface area contributed by atoms with Crippen molar-refractivity contribution < 1.29 is 4.79 Å². The maximum Gasteiger partial charge on any atom is 0.219 e. The van der Waals surface area contributed by atoms with Gasteiger partial charge in [0.1, 0.15) is 0 Å². The fourth-order valence-electron chi connectivity index (χ4n) is 1.86. The summed E-state index contributed by atoms with van der Waals surface area (Å²) in [7, 11) is 1.81. The summed E-state index contributed by atoms with van der Waals surface area (Å²) in [6.45, 7) is 2.95. The van der Waals surface area contributed by atoms with E-state index in [-0.39, 0.29) is 5.91 Å². The zero-order valence-corrected chi connectivity index (χ0v) is 15.8. The predicted molar refractivity (Wildman–Crippen MR) is 95.6 cm³/mol. The molecule has 1 N–H and O–H groups in total. The zero-order chi connectivity index (χ0) is 15.4. The van der Waals surface area contributed by atoms with Crippen LogP contribution in [0.15, 0.2) is 38.6 Å². The van der Waals surface area contributed by atoms with Crippen molar-refractivity contribution in [3.8, 4) is 0 Å². The number of hydrogen-bond donors (Lipinski definition) is 1. The molecule has 0 unspecified atom stereocenters. The van der Waals surface area contributed by atoms with Crippen LogP contribution < -0.4 is 5.32 Å². The van der Waals surface area contributed by atoms with Crippen LogP contribution in [-0.2, 0) is 17.9 Å². The van der Waals surface area contributed by atoms with Crippen molar-refractivity contribution in [2.75, 3.05) is 12.4 Å². The van der Waals surface area contributed by atoms with E-state index in [0.29, 0.717) is 6.54 Å². The van der Waals surface area contributed by atoms with E-state index in [9.17, 15) is 4.79 Å². The second-order valence-electron chi connectivity index (χ2n) is 4.72. The molecule has 1 aromatic carbocycles. The van der Waals surface area contributed by atoms with E-state index in [0.717, 1.165) is 26.1 Å². The molecule has 112 valence electrons. The van der Waals surface area contributed by atoms with Gasteiger partial charge in [-0.1, -0.05) is 18.2 Å². The first-order valence-electron chi connectivity index (χ1n) is 6.44. The Morgan fingerprint density at radius 2 is 2.05 bits per heavy atom. The number of benzene rings is 1. The minimum absolute atomic E-state index is 0.0657. The van der Waals surface area contributed by atoms with Gasteiger partial charge < -0.3 is 10.2 Å². The highest BCUT2D eigenvalue weighted by Gasteiger charge is 2.08. The van der Waals surface area contributed by atoms with Gasteiger partial charge >= 0.3 is 0 Å². The van der Waals surface area contributed by atoms with Gasteiger partial charge in [0.05, 0.1) is 3.79 Å². The molecule has 0 atom stereocenters. The van der Waals surface area contributed by atoms with E-state index < -0.39 is 0 Å². The van der Waals surface area contributed by atoms with Crippen LogP contribution in [0.1, 0.15) is 17.4 Å². The third kappa shape index (κ3) is 4.56. The van der Waals surface area contributed by atoms with Crippen LogP contribution in [-0.4, -0.2) is 17.9 Å². The average molecular weight is 432 g/mol. The van der Waals surface area contributed by atoms with Crippen LogP contribution in [0.5, 0.6) is 0 Å². The first-order chi connectivity index (χ1) is 9.97. The van der Waals surface area contributed by atoms with Crippen LogP contribution in [0.4, 0.5) is 5.69 Å². The van der Waals surface area contributed by atoms with Crippen LogP contribution in [0.3, 0.4) is 0 Å². The Morgan fingerprint density at radius 3 is 2.67 bits per heavy atom. The van der Waals surface area contributed by atoms with Crippen LogP contribution in [0, 0.1) is 0 Å². The number of nitrogens with zero attached hydrogens (tertiary/aromatic N) is 1. The summed E-state index contributed by atoms with van der Waals surface area (Å²) >= 11 is 8.70. The van der Waals surface area contributed by atoms with Crippen molar-refractivity contribution in [1.82, 2.24) is 4.90 Å². The van der Waals surface area contributed by atoms with Gasteiger partial charge in [-0.15, -0.1) is 11.3 Å². The van der Waals surface area contributed by atoms with E-state index in [1.807, 2.05) is 31.3 Å². The first kappa shape index (κ1) is 16.5. The Bertz CT molecular complexity index is 623. The van der Waals surface area contributed by atoms with Crippen molar-refractivity contribution in [2.24, 2.45) is 0 Å². The Morgan fingerprint density at radius 1 is 1.33 bits per heavy atom. The number of thiophene rings is 1. The fraction of sp³-hybridized carbons (Fsp3) is 0.267. The van der Waals surface area contributed by atoms with E-state index >= 15 is 0 Å². The standard InChI is InChI=1S/C15H16Br2N2OS/c1-10(20)19(2)9-11-5-3-4-6-14(11)18-8-12-7-13(16)15(17)21-12/h3-7,18H,8-9H2,1-2H3. The third-order valence-electron chi connectivity index (χ3n) is 3.11. The lowest BCUT2D eigenvalue weighted by atomic mass is 10.1. The van der Waals surface area contributed by atoms with Gasteiger partial charge in [-0.25, -0.2) is 0 Å². The number of halogens is 2. The van der Waals surface area contributed by atoms with Crippen molar-refractivity contribution >= 4 is 54.8 Å². The van der Waals surface area contributed by atoms with E-state index in [4.69, 9.17) is 0 Å². The molecule has 1 heterocycles. The second-order valence-corrected chi connectivity index (χ2v) is 8.03. The first-order valence-corrected chi connectivity index (χ1v) is 8.85. The molecule has 0 saturated heterocycles. The fourth-order valence-corrected chi connectivity index (χ4v) is 3.97. The molecule has 6 heteroatoms. The van der Waals surface area contributed by atoms with Crippen LogP contribution in [0.25, 0.3) is 0 Å². The number of amides is 1. The molecule has 0 bridgehead atoms. The largest absolute Gasteiger partial charge is 0.380 e. The number of para-hydroxylation sites is 1. The summed E-state index contributed by atoms with van der Waals surface area (Å²) in [6, 6.07) is 10.2. The molecule has 2 aromatic rings. The summed E-state index contributed by atoms with van der Waals surface area (Å²) in [5.74, 6) is 0.0657. The smallest absolute Gasteiger partial charge is 0.219 e. The second kappa shape index (κ2) is 7.42. The molecular weight excluding hydrogens is 416 g/mol. The van der Waals surface area contributed by atoms with E-state index in [1.54, 1.807) is 23.2 Å². The average Bonchev–Trinajstić information content (AvgIpc) is 2.76. The van der Waals surface area contributed by atoms with Gasteiger partial charge in [0, 0.05) is 42.1 Å². The van der Waals surface area contributed by atoms with Crippen molar-refractivity contribution in [3.05, 3.63) is 49.0 Å². The maximum atomic E-state index is 11.4. The molecule has 0 aliphatic carbocycles. The highest BCUT2D eigenvalue weighted by Crippen LogP contribution is 2.32. The molecule has 21 heavy (non-hydrogen) atoms. The molecule has 0 aliphatic heterocycles. The van der Waals surface area contributed by atoms with E-state index in [2.05, 4.69) is 43.2 Å². The number of nitrogens with one attached hydrogen (secondary N) is 1. The van der Waals surface area contributed by atoms with Crippen molar-refractivity contribution in [2.45, 2.75) is 20.0 Å². The molecule has 3 nitrogen and oxygen atoms in total. The summed E-state index contributed by atoms with van der Waals surface area (Å²) < 4.78 is 2.18. The van der Waals surface area contributed by atoms with Gasteiger partial charge in [-0.2, -0.15) is 0 Å². The molecule has 0 radical (unpaired) electrons. The molecule has 0 aliphatic rings. The molecule has 0 spiro atoms. The number of carbonyl (C=O) groups excluding carboxylic acids is 1. The quantitative estimate of drug-likeness (QED) is 0.732. The number of anilines is 1. The molecule has 2 rings (SSSR count). The van der Waals surface area contributed by atoms with Gasteiger partial charge in [0.25, 0.3) is 0 Å². The Hall–Kier alpha value is -0.850. The predicted octanol–water partition coefficient (Wildman–Crippen LogP) is 4.86. The topological polar surface area (TPSA) is 32.3 Å². The van der Waals surface area contributed by atoms with E-state index in [1.165, 1.54) is 4.88 Å². The minimum Gasteiger partial charge on any atom is -0.380 e. The molecule has 0 fully saturated rings. The molecular formula is C15H16Br2N2OS. The lowest BCUT2D eigenvalue weighted by molar-refractivity contribution is -0.128. The van der Waals surface area contributed by atoms with Crippen LogP contribution in [0.2, 0.25) is 0 Å². The summed E-state index contributed by atoms with van der Waals surface area (Å²) in [5, 5.41) is 3.45. The number of rotatable bonds is 5. The zero-order valence-electron chi connectivity index (χ0n) is 11.8. The SMILES string of the molecule is CC(=O)N(C)Cc1ccccc1NCc1cc(Br)c(Br)s1. The lowest BCUT2D eigenvalue weighted by Gasteiger charge is -2.18. The normalized spacial score (nSPS) is 10.5. The lowest BCUT2D eigenvalue weighted by Crippen LogP contribution is -2.23. The van der Waals surface area contributed by atoms with Gasteiger partial charge in [-0.05, 0) is 49.6 Å². The van der Waals surface area contributed by atoms with Crippen LogP contribution >= 0.6 is 43.2 Å². The van der Waals surface area contributed by atoms with Gasteiger partial charge in [-0.3, -0.25) is 4.79 Å². The van der Waals surface area contributed by atoms with Gasteiger partial charge in [0.2, 0.25) is 5.91 Å². The number of carbonyl (C=O) groups is 1. The Kier molecular flexibility index (Phi) is 5.84. The third-order valence-corrected chi connectivity index (χ3v) is 6.37. The van der Waals surface area contributed by atoms with Crippen molar-refractivity contribution in [1.29, 1.82) is 0 Å². The minimum atomic E-state index is 0.0657. The summed E-state index contributed by atoms with van der Waals surface area (Å²) in [6.07, 6.45) is 0. The molecule has 1 aromatic heterocycles. The molecule has 1 amide bonds. The highest BCUT2D eigenvalue weighted by atomic mass is 79.9. The summed E-state index contributed by atoms with van der Waals surface area (Å²) in [5.41, 5.74) is 2.18. The number of hydrogen-bond acceptors (Lipinski definition) is 3. The molecule has 0 saturated carbocycles. The maximum absolute atomic E-state index is 11.4. The Balaban J connectivity index is 2.07. The van der Waals surface area contributed by atoms with Gasteiger partial charge in [0.15, 0.2) is 0 Å².